The first-order valence-electron chi connectivity index (χ1n) is 13.3. The molecule has 3 nitrogen and oxygen atoms in total. The zero-order valence-electron chi connectivity index (χ0n) is 22.8. The van der Waals surface area contributed by atoms with Crippen LogP contribution >= 0.6 is 0 Å². The van der Waals surface area contributed by atoms with Crippen molar-refractivity contribution in [3.05, 3.63) is 76.4 Å². The number of carbonyl (C=O) groups is 2. The highest BCUT2D eigenvalue weighted by molar-refractivity contribution is 6.77. The predicted octanol–water partition coefficient (Wildman–Crippen LogP) is 8.96. The van der Waals surface area contributed by atoms with Gasteiger partial charge in [-0.3, -0.25) is 9.59 Å². The molecule has 2 aromatic carbocycles. The van der Waals surface area contributed by atoms with Gasteiger partial charge in [0.2, 0.25) is 8.32 Å². The number of ketones is 2. The van der Waals surface area contributed by atoms with Gasteiger partial charge in [-0.1, -0.05) is 103 Å². The van der Waals surface area contributed by atoms with E-state index in [1.54, 1.807) is 12.1 Å². The smallest absolute Gasteiger partial charge is 0.201 e. The van der Waals surface area contributed by atoms with Gasteiger partial charge < -0.3 is 4.43 Å². The highest BCUT2D eigenvalue weighted by Gasteiger charge is 2.46. The lowest BCUT2D eigenvalue weighted by Crippen LogP contribution is -2.48. The average Bonchev–Trinajstić information content (AvgIpc) is 2.83. The van der Waals surface area contributed by atoms with E-state index in [2.05, 4.69) is 61.5 Å². The molecule has 1 atom stereocenters. The van der Waals surface area contributed by atoms with Crippen LogP contribution in [0.1, 0.15) is 113 Å². The molecule has 0 aliphatic heterocycles. The number of hydrogen-bond donors (Lipinski definition) is 0. The lowest BCUT2D eigenvalue weighted by molar-refractivity contribution is 0.0988. The van der Waals surface area contributed by atoms with E-state index in [0.29, 0.717) is 45.3 Å². The number of unbranched alkanes of at least 4 members (excludes halogenated alkanes) is 1. The van der Waals surface area contributed by atoms with Crippen molar-refractivity contribution in [3.8, 4) is 0 Å². The van der Waals surface area contributed by atoms with Crippen LogP contribution in [0, 0.1) is 0 Å². The highest BCUT2D eigenvalue weighted by Crippen LogP contribution is 2.46. The quantitative estimate of drug-likeness (QED) is 0.312. The zero-order valence-corrected chi connectivity index (χ0v) is 23.8. The largest absolute Gasteiger partial charge is 0.409 e. The first-order chi connectivity index (χ1) is 16.6. The Bertz CT molecular complexity index is 1090. The number of Topliss-reactive ketones (excluding diaryl/α,β-unsaturated/α-hetero) is 2. The maximum atomic E-state index is 13.9. The van der Waals surface area contributed by atoms with Gasteiger partial charge in [0.1, 0.15) is 0 Å². The van der Waals surface area contributed by atoms with Crippen LogP contribution in [0.2, 0.25) is 16.6 Å². The number of carbonyl (C=O) groups excluding carboxylic acids is 2. The van der Waals surface area contributed by atoms with Gasteiger partial charge in [0, 0.05) is 22.3 Å². The second kappa shape index (κ2) is 11.2. The van der Waals surface area contributed by atoms with E-state index in [1.165, 1.54) is 0 Å². The van der Waals surface area contributed by atoms with Crippen LogP contribution < -0.4 is 0 Å². The second-order valence-electron chi connectivity index (χ2n) is 10.8. The van der Waals surface area contributed by atoms with Gasteiger partial charge in [-0.2, -0.15) is 0 Å². The number of allylic oxidation sites excluding steroid dienone is 2. The molecular weight excluding hydrogens is 448 g/mol. The van der Waals surface area contributed by atoms with Gasteiger partial charge in [0.15, 0.2) is 11.6 Å². The van der Waals surface area contributed by atoms with Crippen molar-refractivity contribution in [2.45, 2.75) is 97.4 Å². The first-order valence-corrected chi connectivity index (χ1v) is 15.4. The molecule has 4 heteroatoms. The van der Waals surface area contributed by atoms with Gasteiger partial charge in [-0.05, 0) is 47.5 Å². The normalized spacial score (nSPS) is 15.4. The molecule has 0 N–H and O–H groups in total. The van der Waals surface area contributed by atoms with E-state index in [-0.39, 0.29) is 17.7 Å². The van der Waals surface area contributed by atoms with Crippen LogP contribution in [-0.4, -0.2) is 19.9 Å². The SMILES string of the molecule is CCCCC1=C(c2ccccc2C(C)O[Si](C(C)C)(C(C)C)C(C)C)C(=O)c2ccccc2C1=O. The second-order valence-corrected chi connectivity index (χ2v) is 16.2. The van der Waals surface area contributed by atoms with Crippen LogP contribution in [0.4, 0.5) is 0 Å². The molecule has 0 spiro atoms. The maximum absolute atomic E-state index is 13.9. The van der Waals surface area contributed by atoms with Crippen molar-refractivity contribution in [2.24, 2.45) is 0 Å². The molecule has 0 radical (unpaired) electrons. The Labute approximate surface area is 213 Å². The first kappa shape index (κ1) is 27.3. The Morgan fingerprint density at radius 1 is 0.714 bits per heavy atom. The molecule has 1 aliphatic carbocycles. The molecule has 0 saturated heterocycles. The molecule has 35 heavy (non-hydrogen) atoms. The third-order valence-corrected chi connectivity index (χ3v) is 13.9. The summed E-state index contributed by atoms with van der Waals surface area (Å²) in [5, 5.41) is 0. The molecule has 2 aromatic rings. The van der Waals surface area contributed by atoms with E-state index < -0.39 is 8.32 Å². The number of fused-ring (bicyclic) bond motifs is 1. The summed E-state index contributed by atoms with van der Waals surface area (Å²) < 4.78 is 7.11. The summed E-state index contributed by atoms with van der Waals surface area (Å²) in [6.45, 7) is 18.0. The molecule has 1 aliphatic rings. The van der Waals surface area contributed by atoms with Crippen LogP contribution in [0.3, 0.4) is 0 Å². The summed E-state index contributed by atoms with van der Waals surface area (Å²) in [6.07, 6.45) is 2.27. The maximum Gasteiger partial charge on any atom is 0.201 e. The predicted molar refractivity (Wildman–Crippen MR) is 149 cm³/mol. The Kier molecular flexibility index (Phi) is 8.71. The van der Waals surface area contributed by atoms with Crippen molar-refractivity contribution in [2.75, 3.05) is 0 Å². The summed E-state index contributed by atoms with van der Waals surface area (Å²) in [6, 6.07) is 15.3. The lowest BCUT2D eigenvalue weighted by atomic mass is 9.78. The fraction of sp³-hybridized carbons (Fsp3) is 0.484. The van der Waals surface area contributed by atoms with E-state index >= 15 is 0 Å². The van der Waals surface area contributed by atoms with E-state index in [0.717, 1.165) is 24.0 Å². The van der Waals surface area contributed by atoms with E-state index in [9.17, 15) is 9.59 Å². The van der Waals surface area contributed by atoms with Gasteiger partial charge in [-0.15, -0.1) is 0 Å². The minimum atomic E-state index is -2.14. The zero-order chi connectivity index (χ0) is 25.9. The van der Waals surface area contributed by atoms with Crippen LogP contribution in [0.25, 0.3) is 5.57 Å². The third kappa shape index (κ3) is 5.01. The number of hydrogen-bond acceptors (Lipinski definition) is 3. The van der Waals surface area contributed by atoms with Gasteiger partial charge in [0.05, 0.1) is 6.10 Å². The molecular formula is C31H42O3Si. The Morgan fingerprint density at radius 3 is 1.71 bits per heavy atom. The molecule has 1 unspecified atom stereocenters. The molecule has 3 rings (SSSR count). The van der Waals surface area contributed by atoms with Crippen molar-refractivity contribution in [1.29, 1.82) is 0 Å². The average molecular weight is 491 g/mol. The Hall–Kier alpha value is -2.30. The number of rotatable bonds is 10. The van der Waals surface area contributed by atoms with Gasteiger partial charge in [-0.25, -0.2) is 0 Å². The third-order valence-electron chi connectivity index (χ3n) is 7.76. The minimum absolute atomic E-state index is 0.0118. The molecule has 0 aromatic heterocycles. The van der Waals surface area contributed by atoms with Crippen LogP contribution in [0.5, 0.6) is 0 Å². The summed E-state index contributed by atoms with van der Waals surface area (Å²) in [7, 11) is -2.14. The van der Waals surface area contributed by atoms with Crippen LogP contribution in [0.15, 0.2) is 54.1 Å². The molecule has 0 amide bonds. The standard InChI is InChI=1S/C31H42O3Si/c1-9-10-15-28-29(31(33)27-19-14-13-18-26(27)30(28)32)25-17-12-11-16-24(25)23(8)34-35(20(2)3,21(4)5)22(6)7/h11-14,16-23H,9-10,15H2,1-8H3. The topological polar surface area (TPSA) is 43.4 Å². The Morgan fingerprint density at radius 2 is 1.20 bits per heavy atom. The fourth-order valence-corrected chi connectivity index (χ4v) is 11.7. The van der Waals surface area contributed by atoms with E-state index in [1.807, 2.05) is 30.3 Å². The fourth-order valence-electron chi connectivity index (χ4n) is 6.16. The Balaban J connectivity index is 2.17. The summed E-state index contributed by atoms with van der Waals surface area (Å²) in [4.78, 5) is 27.5. The van der Waals surface area contributed by atoms with Gasteiger partial charge in [0.25, 0.3) is 0 Å². The molecule has 0 fully saturated rings. The lowest BCUT2D eigenvalue weighted by Gasteiger charge is -2.44. The van der Waals surface area contributed by atoms with Crippen molar-refractivity contribution >= 4 is 25.5 Å². The summed E-state index contributed by atoms with van der Waals surface area (Å²) in [5.74, 6) is -0.0617. The van der Waals surface area contributed by atoms with Crippen LogP contribution in [-0.2, 0) is 4.43 Å². The monoisotopic (exact) mass is 490 g/mol. The van der Waals surface area contributed by atoms with Gasteiger partial charge >= 0.3 is 0 Å². The summed E-state index contributed by atoms with van der Waals surface area (Å²) in [5.41, 5.74) is 5.47. The highest BCUT2D eigenvalue weighted by atomic mass is 28.4. The summed E-state index contributed by atoms with van der Waals surface area (Å²) >= 11 is 0. The minimum Gasteiger partial charge on any atom is -0.409 e. The van der Waals surface area contributed by atoms with E-state index in [4.69, 9.17) is 4.43 Å². The number of benzene rings is 2. The van der Waals surface area contributed by atoms with Crippen molar-refractivity contribution in [1.82, 2.24) is 0 Å². The molecule has 188 valence electrons. The molecule has 0 heterocycles. The van der Waals surface area contributed by atoms with Crippen molar-refractivity contribution in [3.63, 3.8) is 0 Å². The van der Waals surface area contributed by atoms with Crippen molar-refractivity contribution < 1.29 is 14.0 Å². The molecule has 0 bridgehead atoms. The molecule has 0 saturated carbocycles.